The van der Waals surface area contributed by atoms with Gasteiger partial charge in [-0.05, 0) is 44.9 Å². The number of amides is 1. The summed E-state index contributed by atoms with van der Waals surface area (Å²) >= 11 is 0. The van der Waals surface area contributed by atoms with Crippen LogP contribution in [-0.4, -0.2) is 73.4 Å². The molecule has 0 heterocycles. The molecule has 0 spiro atoms. The van der Waals surface area contributed by atoms with Gasteiger partial charge < -0.3 is 19.8 Å². The number of hydrogen-bond donors (Lipinski definition) is 3. The molecule has 52 heavy (non-hydrogen) atoms. The molecule has 9 heteroatoms. The van der Waals surface area contributed by atoms with Crippen LogP contribution in [0.15, 0.2) is 36.5 Å². The van der Waals surface area contributed by atoms with Gasteiger partial charge in [0, 0.05) is 6.42 Å². The van der Waals surface area contributed by atoms with Gasteiger partial charge in [-0.3, -0.25) is 13.8 Å². The van der Waals surface area contributed by atoms with E-state index in [-0.39, 0.29) is 19.1 Å². The number of quaternary nitrogens is 1. The minimum Gasteiger partial charge on any atom is -0.387 e. The first-order valence-electron chi connectivity index (χ1n) is 21.4. The lowest BCUT2D eigenvalue weighted by Crippen LogP contribution is -2.45. The van der Waals surface area contributed by atoms with Crippen molar-refractivity contribution in [3.8, 4) is 0 Å². The normalized spacial score (nSPS) is 14.8. The number of nitrogens with one attached hydrogen (secondary N) is 1. The number of carbonyl (C=O) groups excluding carboxylic acids is 1. The minimum absolute atomic E-state index is 0.0539. The predicted molar refractivity (Wildman–Crippen MR) is 221 cm³/mol. The number of hydrogen-bond acceptors (Lipinski definition) is 5. The van der Waals surface area contributed by atoms with Gasteiger partial charge >= 0.3 is 7.82 Å². The monoisotopic (exact) mass is 756 g/mol. The SMILES string of the molecule is CCCCCCCCCCCCCCC/C=C/CC/C=C/CC/C=C/C(O)C(COP(=O)(O)OCC[N+](C)(C)C)NC(=O)CCCCCCCCC. The molecule has 0 radical (unpaired) electrons. The Morgan fingerprint density at radius 1 is 0.635 bits per heavy atom. The highest BCUT2D eigenvalue weighted by Crippen LogP contribution is 2.43. The number of aliphatic hydroxyl groups excluding tert-OH is 1. The second kappa shape index (κ2) is 35.4. The maximum absolute atomic E-state index is 12.7. The molecule has 0 aliphatic heterocycles. The number of aliphatic hydroxyl groups is 1. The molecule has 0 aliphatic rings. The number of rotatable bonds is 38. The molecule has 0 saturated heterocycles. The summed E-state index contributed by atoms with van der Waals surface area (Å²) in [6, 6.07) is -0.863. The molecule has 0 bridgehead atoms. The summed E-state index contributed by atoms with van der Waals surface area (Å²) in [5.41, 5.74) is 0. The van der Waals surface area contributed by atoms with Crippen LogP contribution in [0, 0.1) is 0 Å². The first kappa shape index (κ1) is 50.7. The van der Waals surface area contributed by atoms with E-state index in [4.69, 9.17) is 9.05 Å². The molecular formula is C43H84N2O6P+. The van der Waals surface area contributed by atoms with E-state index in [9.17, 15) is 19.4 Å². The Labute approximate surface area is 321 Å². The Kier molecular flexibility index (Phi) is 34.6. The van der Waals surface area contributed by atoms with Gasteiger partial charge in [-0.1, -0.05) is 166 Å². The van der Waals surface area contributed by atoms with Crippen molar-refractivity contribution in [2.75, 3.05) is 40.9 Å². The van der Waals surface area contributed by atoms with Gasteiger partial charge in [0.2, 0.25) is 5.91 Å². The van der Waals surface area contributed by atoms with Crippen molar-refractivity contribution < 1.29 is 32.9 Å². The Balaban J connectivity index is 4.34. The predicted octanol–water partition coefficient (Wildman–Crippen LogP) is 11.5. The summed E-state index contributed by atoms with van der Waals surface area (Å²) in [6.45, 7) is 4.72. The Morgan fingerprint density at radius 3 is 1.54 bits per heavy atom. The van der Waals surface area contributed by atoms with Gasteiger partial charge in [-0.15, -0.1) is 0 Å². The van der Waals surface area contributed by atoms with Crippen LogP contribution in [-0.2, 0) is 18.4 Å². The van der Waals surface area contributed by atoms with Crippen molar-refractivity contribution in [2.24, 2.45) is 0 Å². The van der Waals surface area contributed by atoms with Gasteiger partial charge in [0.05, 0.1) is 39.9 Å². The van der Waals surface area contributed by atoms with E-state index in [1.54, 1.807) is 6.08 Å². The average Bonchev–Trinajstić information content (AvgIpc) is 3.09. The molecule has 0 aliphatic carbocycles. The summed E-state index contributed by atoms with van der Waals surface area (Å²) in [5.74, 6) is -0.199. The molecule has 3 N–H and O–H groups in total. The van der Waals surface area contributed by atoms with Crippen molar-refractivity contribution in [1.82, 2.24) is 5.32 Å². The molecule has 0 saturated carbocycles. The van der Waals surface area contributed by atoms with E-state index >= 15 is 0 Å². The Morgan fingerprint density at radius 2 is 1.06 bits per heavy atom. The number of phosphoric ester groups is 1. The zero-order valence-electron chi connectivity index (χ0n) is 34.5. The summed E-state index contributed by atoms with van der Waals surface area (Å²) in [5, 5.41) is 13.7. The molecule has 306 valence electrons. The average molecular weight is 756 g/mol. The van der Waals surface area contributed by atoms with Crippen molar-refractivity contribution in [2.45, 2.75) is 193 Å². The topological polar surface area (TPSA) is 105 Å². The van der Waals surface area contributed by atoms with Crippen molar-refractivity contribution in [3.05, 3.63) is 36.5 Å². The number of allylic oxidation sites excluding steroid dienone is 5. The fourth-order valence-corrected chi connectivity index (χ4v) is 6.63. The second-order valence-electron chi connectivity index (χ2n) is 15.7. The number of carbonyl (C=O) groups is 1. The highest BCUT2D eigenvalue weighted by atomic mass is 31.2. The zero-order valence-corrected chi connectivity index (χ0v) is 35.4. The molecule has 0 aromatic heterocycles. The third-order valence-electron chi connectivity index (χ3n) is 9.34. The van der Waals surface area contributed by atoms with Crippen LogP contribution in [0.2, 0.25) is 0 Å². The largest absolute Gasteiger partial charge is 0.472 e. The van der Waals surface area contributed by atoms with Crippen molar-refractivity contribution >= 4 is 13.7 Å². The van der Waals surface area contributed by atoms with Crippen LogP contribution >= 0.6 is 7.82 Å². The Bertz CT molecular complexity index is 948. The highest BCUT2D eigenvalue weighted by Gasteiger charge is 2.27. The Hall–Kier alpha value is -1.28. The molecule has 3 unspecified atom stereocenters. The fourth-order valence-electron chi connectivity index (χ4n) is 5.90. The van der Waals surface area contributed by atoms with Crippen LogP contribution < -0.4 is 5.32 Å². The second-order valence-corrected chi connectivity index (χ2v) is 17.2. The number of likely N-dealkylation sites (N-methyl/N-ethyl adjacent to an activating group) is 1. The molecule has 0 fully saturated rings. The summed E-state index contributed by atoms with van der Waals surface area (Å²) in [7, 11) is 1.54. The van der Waals surface area contributed by atoms with Crippen molar-refractivity contribution in [3.63, 3.8) is 0 Å². The molecule has 8 nitrogen and oxygen atoms in total. The third kappa shape index (κ3) is 37.1. The van der Waals surface area contributed by atoms with E-state index in [1.807, 2.05) is 27.2 Å². The van der Waals surface area contributed by atoms with Gasteiger partial charge in [0.15, 0.2) is 0 Å². The lowest BCUT2D eigenvalue weighted by Gasteiger charge is -2.25. The number of unbranched alkanes of at least 4 members (excludes halogenated alkanes) is 21. The lowest BCUT2D eigenvalue weighted by atomic mass is 10.0. The van der Waals surface area contributed by atoms with E-state index in [2.05, 4.69) is 43.5 Å². The lowest BCUT2D eigenvalue weighted by molar-refractivity contribution is -0.870. The zero-order chi connectivity index (χ0) is 38.6. The first-order chi connectivity index (χ1) is 25.0. The van der Waals surface area contributed by atoms with Gasteiger partial charge in [0.25, 0.3) is 0 Å². The third-order valence-corrected chi connectivity index (χ3v) is 10.3. The molecule has 0 aromatic rings. The van der Waals surface area contributed by atoms with Crippen LogP contribution in [0.4, 0.5) is 0 Å². The first-order valence-corrected chi connectivity index (χ1v) is 22.9. The van der Waals surface area contributed by atoms with E-state index in [1.165, 1.54) is 116 Å². The number of nitrogens with zero attached hydrogens (tertiary/aromatic N) is 1. The molecule has 1 amide bonds. The molecular weight excluding hydrogens is 671 g/mol. The minimum atomic E-state index is -4.34. The van der Waals surface area contributed by atoms with E-state index in [0.717, 1.165) is 44.9 Å². The van der Waals surface area contributed by atoms with Crippen LogP contribution in [0.3, 0.4) is 0 Å². The van der Waals surface area contributed by atoms with Gasteiger partial charge in [-0.2, -0.15) is 0 Å². The van der Waals surface area contributed by atoms with Gasteiger partial charge in [0.1, 0.15) is 13.2 Å². The fraction of sp³-hybridized carbons (Fsp3) is 0.837. The van der Waals surface area contributed by atoms with Crippen molar-refractivity contribution in [1.29, 1.82) is 0 Å². The number of phosphoric acid groups is 1. The van der Waals surface area contributed by atoms with Gasteiger partial charge in [-0.25, -0.2) is 4.57 Å². The molecule has 3 atom stereocenters. The molecule has 0 aromatic carbocycles. The van der Waals surface area contributed by atoms with E-state index in [0.29, 0.717) is 17.4 Å². The highest BCUT2D eigenvalue weighted by molar-refractivity contribution is 7.47. The summed E-state index contributed by atoms with van der Waals surface area (Å²) in [6.07, 6.45) is 42.5. The van der Waals surface area contributed by atoms with Crippen LogP contribution in [0.25, 0.3) is 0 Å². The smallest absolute Gasteiger partial charge is 0.387 e. The molecule has 0 rings (SSSR count). The standard InChI is InChI=1S/C43H83N2O6P/c1-6-8-10-12-14-15-16-17-18-19-20-21-22-23-24-25-26-27-28-29-31-32-34-36-42(46)41(40-51-52(48,49)50-39-38-45(3,4)5)44-43(47)37-35-33-30-13-11-9-7-2/h24-25,28-29,34,36,41-42,46H,6-23,26-27,30-33,35,37-40H2,1-5H3,(H-,44,47,48,49)/p+1/b25-24+,29-28+,36-34+. The maximum atomic E-state index is 12.7. The van der Waals surface area contributed by atoms with Crippen LogP contribution in [0.5, 0.6) is 0 Å². The van der Waals surface area contributed by atoms with Crippen LogP contribution in [0.1, 0.15) is 181 Å². The summed E-state index contributed by atoms with van der Waals surface area (Å²) in [4.78, 5) is 22.9. The maximum Gasteiger partial charge on any atom is 0.472 e. The summed E-state index contributed by atoms with van der Waals surface area (Å²) < 4.78 is 23.4. The quantitative estimate of drug-likeness (QED) is 0.0251. The van der Waals surface area contributed by atoms with E-state index < -0.39 is 20.0 Å².